The molecule has 4 atom stereocenters. The van der Waals surface area contributed by atoms with Crippen LogP contribution in [0.1, 0.15) is 27.2 Å². The van der Waals surface area contributed by atoms with E-state index in [9.17, 15) is 22.8 Å². The number of hydrogen-bond acceptors (Lipinski definition) is 6. The minimum absolute atomic E-state index is 0.0577. The summed E-state index contributed by atoms with van der Waals surface area (Å²) in [5.41, 5.74) is 6.28. The first-order valence-electron chi connectivity index (χ1n) is 11.4. The molecule has 6 rings (SSSR count). The van der Waals surface area contributed by atoms with E-state index in [0.717, 1.165) is 21.9 Å². The van der Waals surface area contributed by atoms with Crippen molar-refractivity contribution in [2.75, 3.05) is 17.2 Å². The number of fused-ring (bicyclic) bond motifs is 2. The van der Waals surface area contributed by atoms with Crippen LogP contribution >= 0.6 is 0 Å². The summed E-state index contributed by atoms with van der Waals surface area (Å²) in [6.45, 7) is 5.49. The molecule has 0 unspecified atom stereocenters. The van der Waals surface area contributed by atoms with Gasteiger partial charge in [-0.15, -0.1) is 5.10 Å². The fourth-order valence-corrected chi connectivity index (χ4v) is 5.89. The molecule has 1 aromatic carbocycles. The lowest BCUT2D eigenvalue weighted by Crippen LogP contribution is -2.41. The molecule has 5 heterocycles. The second kappa shape index (κ2) is 7.16. The highest BCUT2D eigenvalue weighted by molar-refractivity contribution is 6.05. The molecule has 8 nitrogen and oxygen atoms in total. The first-order chi connectivity index (χ1) is 16.9. The van der Waals surface area contributed by atoms with Crippen molar-refractivity contribution < 1.29 is 27.5 Å². The summed E-state index contributed by atoms with van der Waals surface area (Å²) in [5, 5.41) is 3.51. The molecular weight excluding hydrogens is 475 g/mol. The van der Waals surface area contributed by atoms with Gasteiger partial charge in [-0.05, 0) is 50.1 Å². The van der Waals surface area contributed by atoms with Gasteiger partial charge in [0.2, 0.25) is 5.91 Å². The second-order valence-electron chi connectivity index (χ2n) is 9.81. The molecule has 2 fully saturated rings. The largest absolute Gasteiger partial charge is 0.417 e. The van der Waals surface area contributed by atoms with Crippen molar-refractivity contribution >= 4 is 34.4 Å². The number of nitrogens with two attached hydrogens (primary N) is 1. The average Bonchev–Trinajstić information content (AvgIpc) is 3.50. The van der Waals surface area contributed by atoms with Crippen molar-refractivity contribution in [3.63, 3.8) is 0 Å². The van der Waals surface area contributed by atoms with Gasteiger partial charge < -0.3 is 15.4 Å². The first-order valence-corrected chi connectivity index (χ1v) is 11.4. The van der Waals surface area contributed by atoms with Gasteiger partial charge in [0.1, 0.15) is 5.60 Å². The number of rotatable bonds is 2. The van der Waals surface area contributed by atoms with Gasteiger partial charge in [-0.1, -0.05) is 18.2 Å². The monoisotopic (exact) mass is 497 g/mol. The number of carbonyl (C=O) groups excluding carboxylic acids is 2. The molecule has 2 bridgehead atoms. The Balaban J connectivity index is 1.44. The standard InChI is InChI=1S/C25H22F3N5O3/c1-11-6-12(2)8-14(7-11)32-10-24-5-4-16(36-24)18(19(24)23(32)35)22(34)33-21-17(20(29)31-33)15(25(26,27)28)9-13(3)30-21/h4-9,16,18-19H,10H2,1-3H3,(H2,29,31)/t16-,18-,19+,24-/m1/s1. The molecular formula is C25H22F3N5O3. The molecule has 1 spiro atoms. The van der Waals surface area contributed by atoms with Crippen molar-refractivity contribution in [2.24, 2.45) is 11.8 Å². The summed E-state index contributed by atoms with van der Waals surface area (Å²) in [4.78, 5) is 33.3. The molecule has 36 heavy (non-hydrogen) atoms. The van der Waals surface area contributed by atoms with Crippen LogP contribution in [0.4, 0.5) is 24.7 Å². The normalized spacial score (nSPS) is 26.9. The minimum atomic E-state index is -4.72. The Morgan fingerprint density at radius 2 is 1.86 bits per heavy atom. The Morgan fingerprint density at radius 1 is 1.17 bits per heavy atom. The average molecular weight is 497 g/mol. The number of benzene rings is 1. The van der Waals surface area contributed by atoms with E-state index in [4.69, 9.17) is 10.5 Å². The van der Waals surface area contributed by atoms with Gasteiger partial charge >= 0.3 is 6.18 Å². The number of nitrogen functional groups attached to an aromatic ring is 1. The van der Waals surface area contributed by atoms with Gasteiger partial charge in [-0.3, -0.25) is 9.59 Å². The molecule has 3 aromatic rings. The molecule has 3 aliphatic heterocycles. The van der Waals surface area contributed by atoms with E-state index < -0.39 is 52.4 Å². The van der Waals surface area contributed by atoms with Crippen LogP contribution in [0, 0.1) is 32.6 Å². The Morgan fingerprint density at radius 3 is 2.53 bits per heavy atom. The molecule has 2 N–H and O–H groups in total. The predicted octanol–water partition coefficient (Wildman–Crippen LogP) is 3.58. The highest BCUT2D eigenvalue weighted by Crippen LogP contribution is 2.53. The molecule has 1 amide bonds. The Bertz CT molecular complexity index is 1490. The number of pyridine rings is 1. The highest BCUT2D eigenvalue weighted by atomic mass is 19.4. The van der Waals surface area contributed by atoms with Gasteiger partial charge in [-0.25, -0.2) is 4.98 Å². The molecule has 186 valence electrons. The molecule has 0 aliphatic carbocycles. The van der Waals surface area contributed by atoms with Crippen molar-refractivity contribution in [1.82, 2.24) is 14.8 Å². The topological polar surface area (TPSA) is 103 Å². The van der Waals surface area contributed by atoms with E-state index in [1.54, 1.807) is 11.0 Å². The van der Waals surface area contributed by atoms with Crippen LogP contribution in [0.5, 0.6) is 0 Å². The van der Waals surface area contributed by atoms with Crippen LogP contribution in [0.2, 0.25) is 0 Å². The third kappa shape index (κ3) is 3.05. The lowest BCUT2D eigenvalue weighted by molar-refractivity contribution is -0.136. The molecule has 0 saturated carbocycles. The fourth-order valence-electron chi connectivity index (χ4n) is 5.89. The summed E-state index contributed by atoms with van der Waals surface area (Å²) < 4.78 is 48.1. The summed E-state index contributed by atoms with van der Waals surface area (Å²) in [6, 6.07) is 6.65. The SMILES string of the molecule is Cc1cc(C)cc(N2C[C@@]34C=C[C@@H](O3)[C@@H](C(=O)n3nc(N)c5c(C(F)(F)F)cc(C)nc53)[C@H]4C2=O)c1. The van der Waals surface area contributed by atoms with E-state index >= 15 is 0 Å². The van der Waals surface area contributed by atoms with Crippen LogP contribution in [-0.2, 0) is 15.7 Å². The van der Waals surface area contributed by atoms with Gasteiger partial charge in [0.05, 0.1) is 35.4 Å². The van der Waals surface area contributed by atoms with E-state index in [1.165, 1.54) is 6.92 Å². The van der Waals surface area contributed by atoms with Crippen LogP contribution in [0.15, 0.2) is 36.4 Å². The number of anilines is 2. The molecule has 3 aliphatic rings. The number of amides is 1. The number of halogens is 3. The Hall–Kier alpha value is -3.73. The molecule has 11 heteroatoms. The number of aromatic nitrogens is 3. The van der Waals surface area contributed by atoms with Crippen LogP contribution in [-0.4, -0.2) is 44.8 Å². The highest BCUT2D eigenvalue weighted by Gasteiger charge is 2.67. The number of alkyl halides is 3. The zero-order valence-electron chi connectivity index (χ0n) is 19.6. The van der Waals surface area contributed by atoms with Crippen LogP contribution in [0.25, 0.3) is 11.0 Å². The number of carbonyl (C=O) groups is 2. The predicted molar refractivity (Wildman–Crippen MR) is 124 cm³/mol. The van der Waals surface area contributed by atoms with Crippen molar-refractivity contribution in [3.8, 4) is 0 Å². The third-order valence-corrected chi connectivity index (χ3v) is 7.21. The number of nitrogens with zero attached hydrogens (tertiary/aromatic N) is 4. The van der Waals surface area contributed by atoms with Crippen LogP contribution in [0.3, 0.4) is 0 Å². The van der Waals surface area contributed by atoms with E-state index in [0.29, 0.717) is 5.69 Å². The zero-order chi connectivity index (χ0) is 25.7. The Labute approximate surface area is 203 Å². The third-order valence-electron chi connectivity index (χ3n) is 7.21. The van der Waals surface area contributed by atoms with Gasteiger partial charge in [0.25, 0.3) is 5.91 Å². The zero-order valence-corrected chi connectivity index (χ0v) is 19.6. The number of ether oxygens (including phenoxy) is 1. The lowest BCUT2D eigenvalue weighted by atomic mass is 9.77. The van der Waals surface area contributed by atoms with Crippen LogP contribution < -0.4 is 10.6 Å². The second-order valence-corrected chi connectivity index (χ2v) is 9.81. The van der Waals surface area contributed by atoms with Crippen molar-refractivity contribution in [1.29, 1.82) is 0 Å². The molecule has 2 saturated heterocycles. The summed E-state index contributed by atoms with van der Waals surface area (Å²) in [5.74, 6) is -3.26. The summed E-state index contributed by atoms with van der Waals surface area (Å²) in [6.07, 6.45) is -1.88. The van der Waals surface area contributed by atoms with E-state index in [-0.39, 0.29) is 23.8 Å². The number of hydrogen-bond donors (Lipinski definition) is 1. The maximum absolute atomic E-state index is 13.8. The van der Waals surface area contributed by atoms with Crippen molar-refractivity contribution in [3.05, 3.63) is 58.8 Å². The minimum Gasteiger partial charge on any atom is -0.382 e. The molecule has 2 aromatic heterocycles. The smallest absolute Gasteiger partial charge is 0.382 e. The lowest BCUT2D eigenvalue weighted by Gasteiger charge is -2.23. The number of aryl methyl sites for hydroxylation is 3. The van der Waals surface area contributed by atoms with Gasteiger partial charge in [-0.2, -0.15) is 17.9 Å². The van der Waals surface area contributed by atoms with Crippen molar-refractivity contribution in [2.45, 2.75) is 38.7 Å². The molecule has 0 radical (unpaired) electrons. The summed E-state index contributed by atoms with van der Waals surface area (Å²) >= 11 is 0. The maximum atomic E-state index is 13.8. The van der Waals surface area contributed by atoms with Gasteiger partial charge in [0.15, 0.2) is 11.5 Å². The van der Waals surface area contributed by atoms with E-state index in [2.05, 4.69) is 10.1 Å². The Kier molecular flexibility index (Phi) is 4.52. The fraction of sp³-hybridized carbons (Fsp3) is 0.360. The summed E-state index contributed by atoms with van der Waals surface area (Å²) in [7, 11) is 0. The first kappa shape index (κ1) is 22.7. The maximum Gasteiger partial charge on any atom is 0.417 e. The van der Waals surface area contributed by atoms with E-state index in [1.807, 2.05) is 38.1 Å². The van der Waals surface area contributed by atoms with Gasteiger partial charge in [0, 0.05) is 11.4 Å². The quantitative estimate of drug-likeness (QED) is 0.543.